The van der Waals surface area contributed by atoms with Crippen LogP contribution in [0.25, 0.3) is 0 Å². The lowest BCUT2D eigenvalue weighted by Crippen LogP contribution is -2.15. The van der Waals surface area contributed by atoms with Gasteiger partial charge in [-0.2, -0.15) is 5.10 Å². The number of hydrogen-bond donors (Lipinski definition) is 2. The van der Waals surface area contributed by atoms with E-state index in [1.165, 1.54) is 6.33 Å². The second-order valence-corrected chi connectivity index (χ2v) is 4.86. The minimum Gasteiger partial charge on any atom is -0.313 e. The third-order valence-corrected chi connectivity index (χ3v) is 2.92. The van der Waals surface area contributed by atoms with Gasteiger partial charge in [-0.25, -0.2) is 4.98 Å². The first-order chi connectivity index (χ1) is 8.74. The van der Waals surface area contributed by atoms with Gasteiger partial charge in [-0.3, -0.25) is 5.10 Å². The first-order valence-corrected chi connectivity index (χ1v) is 6.49. The average molecular weight is 285 g/mol. The van der Waals surface area contributed by atoms with Crippen molar-refractivity contribution < 1.29 is 0 Å². The molecule has 4 nitrogen and oxygen atoms in total. The van der Waals surface area contributed by atoms with E-state index in [1.54, 1.807) is 6.07 Å². The first kappa shape index (κ1) is 13.3. The molecule has 0 aliphatic carbocycles. The molecule has 0 bridgehead atoms. The zero-order valence-corrected chi connectivity index (χ0v) is 11.3. The minimum atomic E-state index is 0.668. The van der Waals surface area contributed by atoms with E-state index in [2.05, 4.69) is 20.5 Å². The molecule has 0 atom stereocenters. The van der Waals surface area contributed by atoms with E-state index in [4.69, 9.17) is 23.2 Å². The Labute approximate surface area is 116 Å². The van der Waals surface area contributed by atoms with Crippen molar-refractivity contribution in [1.82, 2.24) is 20.5 Å². The van der Waals surface area contributed by atoms with E-state index in [0.717, 1.165) is 37.3 Å². The molecule has 0 fully saturated rings. The maximum atomic E-state index is 5.93. The highest BCUT2D eigenvalue weighted by atomic mass is 35.5. The molecule has 0 aliphatic heterocycles. The molecular weight excluding hydrogens is 271 g/mol. The van der Waals surface area contributed by atoms with E-state index < -0.39 is 0 Å². The van der Waals surface area contributed by atoms with Gasteiger partial charge in [0, 0.05) is 23.0 Å². The number of halogens is 2. The quantitative estimate of drug-likeness (QED) is 0.802. The molecule has 96 valence electrons. The number of aryl methyl sites for hydroxylation is 1. The Morgan fingerprint density at radius 1 is 1.17 bits per heavy atom. The van der Waals surface area contributed by atoms with Crippen LogP contribution in [0, 0.1) is 0 Å². The number of benzene rings is 1. The molecule has 2 rings (SSSR count). The molecule has 0 aliphatic rings. The predicted molar refractivity (Wildman–Crippen MR) is 72.9 cm³/mol. The molecule has 6 heteroatoms. The molecule has 0 amide bonds. The number of aromatic amines is 1. The number of hydrogen-bond acceptors (Lipinski definition) is 3. The molecule has 1 aromatic carbocycles. The van der Waals surface area contributed by atoms with Crippen LogP contribution in [0.2, 0.25) is 10.0 Å². The van der Waals surface area contributed by atoms with Crippen molar-refractivity contribution in [2.45, 2.75) is 19.4 Å². The number of nitrogens with zero attached hydrogens (tertiary/aromatic N) is 2. The summed E-state index contributed by atoms with van der Waals surface area (Å²) in [4.78, 5) is 4.07. The summed E-state index contributed by atoms with van der Waals surface area (Å²) in [5, 5.41) is 11.3. The Morgan fingerprint density at radius 2 is 1.94 bits per heavy atom. The highest BCUT2D eigenvalue weighted by Gasteiger charge is 1.99. The number of aromatic nitrogens is 3. The largest absolute Gasteiger partial charge is 0.313 e. The van der Waals surface area contributed by atoms with Crippen molar-refractivity contribution in [2.75, 3.05) is 6.54 Å². The van der Waals surface area contributed by atoms with Crippen LogP contribution in [0.4, 0.5) is 0 Å². The van der Waals surface area contributed by atoms with Gasteiger partial charge < -0.3 is 5.32 Å². The maximum absolute atomic E-state index is 5.93. The zero-order chi connectivity index (χ0) is 12.8. The SMILES string of the molecule is Clc1cc(Cl)cc(CNCCCc2ncn[nH]2)c1. The third-order valence-electron chi connectivity index (χ3n) is 2.48. The van der Waals surface area contributed by atoms with Gasteiger partial charge in [-0.1, -0.05) is 23.2 Å². The molecule has 0 radical (unpaired) electrons. The highest BCUT2D eigenvalue weighted by Crippen LogP contribution is 2.18. The lowest BCUT2D eigenvalue weighted by atomic mass is 10.2. The van der Waals surface area contributed by atoms with Crippen molar-refractivity contribution in [3.8, 4) is 0 Å². The third kappa shape index (κ3) is 4.29. The number of H-pyrrole nitrogens is 1. The standard InChI is InChI=1S/C12H14Cl2N4/c13-10-4-9(5-11(14)6-10)7-15-3-1-2-12-16-8-17-18-12/h4-6,8,15H,1-3,7H2,(H,16,17,18). The molecule has 0 saturated heterocycles. The molecule has 0 unspecified atom stereocenters. The van der Waals surface area contributed by atoms with Crippen LogP contribution in [0.1, 0.15) is 17.8 Å². The van der Waals surface area contributed by atoms with E-state index in [0.29, 0.717) is 10.0 Å². The van der Waals surface area contributed by atoms with Crippen LogP contribution >= 0.6 is 23.2 Å². The van der Waals surface area contributed by atoms with Crippen molar-refractivity contribution in [3.05, 3.63) is 46.0 Å². The summed E-state index contributed by atoms with van der Waals surface area (Å²) in [6.07, 6.45) is 3.42. The fraction of sp³-hybridized carbons (Fsp3) is 0.333. The molecule has 0 spiro atoms. The van der Waals surface area contributed by atoms with Crippen LogP contribution in [-0.2, 0) is 13.0 Å². The zero-order valence-electron chi connectivity index (χ0n) is 9.79. The molecule has 2 N–H and O–H groups in total. The molecule has 1 heterocycles. The van der Waals surface area contributed by atoms with Crippen molar-refractivity contribution in [1.29, 1.82) is 0 Å². The average Bonchev–Trinajstić information content (AvgIpc) is 2.80. The van der Waals surface area contributed by atoms with E-state index in [-0.39, 0.29) is 0 Å². The summed E-state index contributed by atoms with van der Waals surface area (Å²) >= 11 is 11.9. The Hall–Kier alpha value is -1.10. The summed E-state index contributed by atoms with van der Waals surface area (Å²) in [5.74, 6) is 0.919. The Kier molecular flexibility index (Phi) is 4.99. The van der Waals surface area contributed by atoms with E-state index in [1.807, 2.05) is 12.1 Å². The summed E-state index contributed by atoms with van der Waals surface area (Å²) < 4.78 is 0. The van der Waals surface area contributed by atoms with Crippen LogP contribution in [-0.4, -0.2) is 21.7 Å². The summed E-state index contributed by atoms with van der Waals surface area (Å²) in [6.45, 7) is 1.67. The van der Waals surface area contributed by atoms with Gasteiger partial charge in [-0.05, 0) is 36.7 Å². The van der Waals surface area contributed by atoms with Gasteiger partial charge >= 0.3 is 0 Å². The van der Waals surface area contributed by atoms with Gasteiger partial charge in [0.25, 0.3) is 0 Å². The lowest BCUT2D eigenvalue weighted by molar-refractivity contribution is 0.639. The number of rotatable bonds is 6. The Morgan fingerprint density at radius 3 is 2.61 bits per heavy atom. The monoisotopic (exact) mass is 284 g/mol. The van der Waals surface area contributed by atoms with Gasteiger partial charge in [0.2, 0.25) is 0 Å². The molecule has 18 heavy (non-hydrogen) atoms. The van der Waals surface area contributed by atoms with Gasteiger partial charge in [0.05, 0.1) is 0 Å². The fourth-order valence-electron chi connectivity index (χ4n) is 1.68. The molecular formula is C12H14Cl2N4. The predicted octanol–water partition coefficient (Wildman–Crippen LogP) is 2.83. The summed E-state index contributed by atoms with van der Waals surface area (Å²) in [6, 6.07) is 5.56. The Bertz CT molecular complexity index is 465. The first-order valence-electron chi connectivity index (χ1n) is 5.74. The number of nitrogens with one attached hydrogen (secondary N) is 2. The van der Waals surface area contributed by atoms with Crippen LogP contribution in [0.3, 0.4) is 0 Å². The van der Waals surface area contributed by atoms with E-state index in [9.17, 15) is 0 Å². The van der Waals surface area contributed by atoms with Crippen molar-refractivity contribution in [3.63, 3.8) is 0 Å². The van der Waals surface area contributed by atoms with Gasteiger partial charge in [-0.15, -0.1) is 0 Å². The highest BCUT2D eigenvalue weighted by molar-refractivity contribution is 6.34. The summed E-state index contributed by atoms with van der Waals surface area (Å²) in [5.41, 5.74) is 1.09. The second-order valence-electron chi connectivity index (χ2n) is 3.99. The molecule has 1 aromatic heterocycles. The topological polar surface area (TPSA) is 53.6 Å². The summed E-state index contributed by atoms with van der Waals surface area (Å²) in [7, 11) is 0. The smallest absolute Gasteiger partial charge is 0.137 e. The van der Waals surface area contributed by atoms with Crippen LogP contribution in [0.5, 0.6) is 0 Å². The van der Waals surface area contributed by atoms with Gasteiger partial charge in [0.1, 0.15) is 12.2 Å². The van der Waals surface area contributed by atoms with Crippen LogP contribution in [0.15, 0.2) is 24.5 Å². The molecule has 2 aromatic rings. The minimum absolute atomic E-state index is 0.668. The second kappa shape index (κ2) is 6.73. The normalized spacial score (nSPS) is 10.8. The fourth-order valence-corrected chi connectivity index (χ4v) is 2.25. The van der Waals surface area contributed by atoms with Crippen LogP contribution < -0.4 is 5.32 Å². The molecule has 0 saturated carbocycles. The van der Waals surface area contributed by atoms with Crippen molar-refractivity contribution in [2.24, 2.45) is 0 Å². The van der Waals surface area contributed by atoms with Gasteiger partial charge in [0.15, 0.2) is 0 Å². The van der Waals surface area contributed by atoms with E-state index >= 15 is 0 Å². The Balaban J connectivity index is 1.68. The maximum Gasteiger partial charge on any atom is 0.137 e. The lowest BCUT2D eigenvalue weighted by Gasteiger charge is -2.05. The van der Waals surface area contributed by atoms with Crippen molar-refractivity contribution >= 4 is 23.2 Å².